The highest BCUT2D eigenvalue weighted by atomic mass is 32.1. The van der Waals surface area contributed by atoms with Gasteiger partial charge in [0.2, 0.25) is 5.52 Å². The van der Waals surface area contributed by atoms with E-state index >= 15 is 0 Å². The number of fused-ring (bicyclic) bond motifs is 4. The van der Waals surface area contributed by atoms with E-state index in [1.165, 1.54) is 37.1 Å². The number of thiazole rings is 1. The van der Waals surface area contributed by atoms with Crippen LogP contribution in [0.3, 0.4) is 0 Å². The van der Waals surface area contributed by atoms with E-state index in [-0.39, 0.29) is 0 Å². The van der Waals surface area contributed by atoms with E-state index in [1.54, 1.807) is 0 Å². The molecule has 2 heterocycles. The van der Waals surface area contributed by atoms with Crippen molar-refractivity contribution in [2.24, 2.45) is 7.05 Å². The molecule has 0 saturated heterocycles. The number of rotatable bonds is 1. The zero-order valence-corrected chi connectivity index (χ0v) is 14.4. The molecule has 0 spiro atoms. The predicted molar refractivity (Wildman–Crippen MR) is 100 cm³/mol. The maximum Gasteiger partial charge on any atom is 0.273 e. The molecule has 3 heteroatoms. The Bertz CT molecular complexity index is 1230. The zero-order valence-electron chi connectivity index (χ0n) is 13.5. The Morgan fingerprint density at radius 2 is 1.67 bits per heavy atom. The standard InChI is InChI=1S/C21H16NOS/c1-13-11-12-15-14-7-3-5-9-17(14)23-20(15)19(13)21-22(2)16-8-4-6-10-18(16)24-21/h3-12H,1-2H3/q+1. The molecule has 0 unspecified atom stereocenters. The summed E-state index contributed by atoms with van der Waals surface area (Å²) in [5.41, 5.74) is 5.63. The number of aromatic nitrogens is 1. The lowest BCUT2D eigenvalue weighted by molar-refractivity contribution is -0.629. The van der Waals surface area contributed by atoms with Gasteiger partial charge in [-0.1, -0.05) is 53.8 Å². The van der Waals surface area contributed by atoms with E-state index in [9.17, 15) is 0 Å². The van der Waals surface area contributed by atoms with Gasteiger partial charge in [-0.3, -0.25) is 0 Å². The lowest BCUT2D eigenvalue weighted by Crippen LogP contribution is -2.28. The second kappa shape index (κ2) is 4.92. The summed E-state index contributed by atoms with van der Waals surface area (Å²) in [6.45, 7) is 2.16. The van der Waals surface area contributed by atoms with Crippen molar-refractivity contribution in [3.05, 3.63) is 66.2 Å². The second-order valence-corrected chi connectivity index (χ2v) is 7.20. The number of benzene rings is 3. The third-order valence-electron chi connectivity index (χ3n) is 4.71. The van der Waals surface area contributed by atoms with Gasteiger partial charge in [-0.15, -0.1) is 0 Å². The quantitative estimate of drug-likeness (QED) is 0.366. The van der Waals surface area contributed by atoms with Crippen LogP contribution in [0.1, 0.15) is 5.56 Å². The first kappa shape index (κ1) is 13.8. The molecule has 0 amide bonds. The van der Waals surface area contributed by atoms with Crippen LogP contribution in [0.5, 0.6) is 0 Å². The SMILES string of the molecule is Cc1ccc2c(oc3ccccc32)c1-c1sc2ccccc2[n+]1C. The molecule has 24 heavy (non-hydrogen) atoms. The maximum absolute atomic E-state index is 6.26. The Labute approximate surface area is 143 Å². The lowest BCUT2D eigenvalue weighted by Gasteiger charge is -2.01. The lowest BCUT2D eigenvalue weighted by atomic mass is 10.0. The summed E-state index contributed by atoms with van der Waals surface area (Å²) in [4.78, 5) is 0. The van der Waals surface area contributed by atoms with Gasteiger partial charge in [0.05, 0.1) is 0 Å². The van der Waals surface area contributed by atoms with Crippen molar-refractivity contribution in [1.82, 2.24) is 0 Å². The van der Waals surface area contributed by atoms with Crippen molar-refractivity contribution in [2.75, 3.05) is 0 Å². The van der Waals surface area contributed by atoms with Crippen molar-refractivity contribution < 1.29 is 8.98 Å². The van der Waals surface area contributed by atoms with Gasteiger partial charge in [-0.2, -0.15) is 4.57 Å². The van der Waals surface area contributed by atoms with Crippen molar-refractivity contribution in [2.45, 2.75) is 6.92 Å². The van der Waals surface area contributed by atoms with E-state index in [4.69, 9.17) is 4.42 Å². The maximum atomic E-state index is 6.26. The second-order valence-electron chi connectivity index (χ2n) is 6.17. The van der Waals surface area contributed by atoms with Gasteiger partial charge in [-0.05, 0) is 24.6 Å². The minimum atomic E-state index is 0.947. The average molecular weight is 330 g/mol. The molecule has 116 valence electrons. The summed E-state index contributed by atoms with van der Waals surface area (Å²) in [6.07, 6.45) is 0. The predicted octanol–water partition coefficient (Wildman–Crippen LogP) is 5.60. The monoisotopic (exact) mass is 330 g/mol. The molecule has 2 aromatic heterocycles. The van der Waals surface area contributed by atoms with Gasteiger partial charge in [-0.25, -0.2) is 0 Å². The first-order valence-corrected chi connectivity index (χ1v) is 8.84. The van der Waals surface area contributed by atoms with Gasteiger partial charge in [0.25, 0.3) is 5.01 Å². The van der Waals surface area contributed by atoms with Crippen LogP contribution < -0.4 is 4.57 Å². The van der Waals surface area contributed by atoms with E-state index in [0.29, 0.717) is 0 Å². The largest absolute Gasteiger partial charge is 0.455 e. The molecule has 2 nitrogen and oxygen atoms in total. The first-order valence-electron chi connectivity index (χ1n) is 8.03. The van der Waals surface area contributed by atoms with Crippen LogP contribution in [0.15, 0.2) is 65.1 Å². The topological polar surface area (TPSA) is 17.0 Å². The minimum absolute atomic E-state index is 0.947. The van der Waals surface area contributed by atoms with Crippen LogP contribution in [0.2, 0.25) is 0 Å². The van der Waals surface area contributed by atoms with Gasteiger partial charge in [0.1, 0.15) is 22.9 Å². The number of hydrogen-bond donors (Lipinski definition) is 0. The Hall–Kier alpha value is -2.65. The Kier molecular flexibility index (Phi) is 2.82. The molecule has 0 bridgehead atoms. The molecule has 5 rings (SSSR count). The Morgan fingerprint density at radius 1 is 0.875 bits per heavy atom. The fraction of sp³-hybridized carbons (Fsp3) is 0.0952. The average Bonchev–Trinajstić information content (AvgIpc) is 3.13. The van der Waals surface area contributed by atoms with E-state index in [2.05, 4.69) is 67.1 Å². The summed E-state index contributed by atoms with van der Waals surface area (Å²) in [5.74, 6) is 0. The van der Waals surface area contributed by atoms with Crippen molar-refractivity contribution in [3.63, 3.8) is 0 Å². The fourth-order valence-corrected chi connectivity index (χ4v) is 4.73. The van der Waals surface area contributed by atoms with Crippen LogP contribution in [0.25, 0.3) is 42.7 Å². The van der Waals surface area contributed by atoms with Crippen LogP contribution >= 0.6 is 11.3 Å². The summed E-state index contributed by atoms with van der Waals surface area (Å²) in [6, 6.07) is 21.2. The van der Waals surface area contributed by atoms with E-state index in [1.807, 2.05) is 23.5 Å². The summed E-state index contributed by atoms with van der Waals surface area (Å²) < 4.78 is 9.83. The fourth-order valence-electron chi connectivity index (χ4n) is 3.47. The summed E-state index contributed by atoms with van der Waals surface area (Å²) in [5, 5.41) is 3.60. The molecule has 0 aliphatic rings. The summed E-state index contributed by atoms with van der Waals surface area (Å²) in [7, 11) is 2.13. The molecule has 0 aliphatic heterocycles. The first-order chi connectivity index (χ1) is 11.7. The molecule has 0 aliphatic carbocycles. The molecule has 3 aromatic carbocycles. The van der Waals surface area contributed by atoms with Crippen LogP contribution in [-0.2, 0) is 7.05 Å². The van der Waals surface area contributed by atoms with Crippen molar-refractivity contribution in [1.29, 1.82) is 0 Å². The molecule has 0 saturated carbocycles. The molecule has 0 atom stereocenters. The molecule has 0 fully saturated rings. The van der Waals surface area contributed by atoms with E-state index < -0.39 is 0 Å². The molecule has 0 N–H and O–H groups in total. The molecule has 5 aromatic rings. The van der Waals surface area contributed by atoms with Crippen molar-refractivity contribution >= 4 is 43.5 Å². The van der Waals surface area contributed by atoms with Crippen LogP contribution in [-0.4, -0.2) is 0 Å². The van der Waals surface area contributed by atoms with Gasteiger partial charge in [0.15, 0.2) is 5.58 Å². The number of hydrogen-bond acceptors (Lipinski definition) is 2. The number of nitrogens with zero attached hydrogens (tertiary/aromatic N) is 1. The Morgan fingerprint density at radius 3 is 2.54 bits per heavy atom. The van der Waals surface area contributed by atoms with Crippen molar-refractivity contribution in [3.8, 4) is 10.6 Å². The Balaban J connectivity index is 1.94. The molecular formula is C21H16NOS+. The zero-order chi connectivity index (χ0) is 16.3. The third kappa shape index (κ3) is 1.79. The third-order valence-corrected chi connectivity index (χ3v) is 5.94. The smallest absolute Gasteiger partial charge is 0.273 e. The number of furan rings is 1. The number of para-hydroxylation sites is 2. The van der Waals surface area contributed by atoms with Gasteiger partial charge in [0, 0.05) is 16.8 Å². The van der Waals surface area contributed by atoms with Crippen LogP contribution in [0, 0.1) is 6.92 Å². The van der Waals surface area contributed by atoms with Gasteiger partial charge < -0.3 is 4.42 Å². The molecular weight excluding hydrogens is 314 g/mol. The van der Waals surface area contributed by atoms with Crippen LogP contribution in [0.4, 0.5) is 0 Å². The minimum Gasteiger partial charge on any atom is -0.455 e. The normalized spacial score (nSPS) is 11.8. The highest BCUT2D eigenvalue weighted by Gasteiger charge is 2.24. The number of aryl methyl sites for hydroxylation is 2. The molecule has 0 radical (unpaired) electrons. The highest BCUT2D eigenvalue weighted by Crippen LogP contribution is 2.39. The summed E-state index contributed by atoms with van der Waals surface area (Å²) >= 11 is 1.82. The van der Waals surface area contributed by atoms with Gasteiger partial charge >= 0.3 is 0 Å². The highest BCUT2D eigenvalue weighted by molar-refractivity contribution is 7.21. The van der Waals surface area contributed by atoms with E-state index in [0.717, 1.165) is 11.2 Å².